The third-order valence-electron chi connectivity index (χ3n) is 9.38. The Morgan fingerprint density at radius 2 is 1.68 bits per heavy atom. The molecule has 1 N–H and O–H groups in total. The molecule has 220 valence electrons. The van der Waals surface area contributed by atoms with Crippen LogP contribution in [0.5, 0.6) is 0 Å². The van der Waals surface area contributed by atoms with E-state index in [1.165, 1.54) is 24.3 Å². The maximum atomic E-state index is 14.6. The number of fused-ring (bicyclic) bond motifs is 2. The summed E-state index contributed by atoms with van der Waals surface area (Å²) < 4.78 is 43.9. The molecule has 6 nitrogen and oxygen atoms in total. The largest absolute Gasteiger partial charge is 0.431 e. The van der Waals surface area contributed by atoms with Gasteiger partial charge in [-0.3, -0.25) is 14.6 Å². The van der Waals surface area contributed by atoms with Crippen molar-refractivity contribution in [1.82, 2.24) is 14.8 Å². The van der Waals surface area contributed by atoms with E-state index in [4.69, 9.17) is 28.6 Å². The number of rotatable bonds is 9. The van der Waals surface area contributed by atoms with E-state index >= 15 is 0 Å². The molecule has 1 aromatic rings. The van der Waals surface area contributed by atoms with Crippen molar-refractivity contribution in [2.24, 2.45) is 16.7 Å². The fraction of sp³-hybridized carbons (Fsp3) is 0.655. The van der Waals surface area contributed by atoms with Gasteiger partial charge in [-0.1, -0.05) is 37.0 Å². The van der Waals surface area contributed by atoms with Gasteiger partial charge < -0.3 is 15.2 Å². The molecule has 3 saturated carbocycles. The molecule has 1 aromatic heterocycles. The minimum atomic E-state index is -4.87. The quantitative estimate of drug-likeness (QED) is 0.183. The Kier molecular flexibility index (Phi) is 8.96. The smallest absolute Gasteiger partial charge is 0.367 e. The molecule has 1 amide bonds. The number of pyridine rings is 1. The van der Waals surface area contributed by atoms with Gasteiger partial charge in [0.1, 0.15) is 5.70 Å². The van der Waals surface area contributed by atoms with Crippen LogP contribution in [-0.2, 0) is 4.79 Å². The zero-order chi connectivity index (χ0) is 29.5. The summed E-state index contributed by atoms with van der Waals surface area (Å²) >= 11 is 12.4. The topological polar surface area (TPSA) is 77.4 Å². The van der Waals surface area contributed by atoms with Gasteiger partial charge in [-0.2, -0.15) is 13.2 Å². The molecule has 40 heavy (non-hydrogen) atoms. The highest BCUT2D eigenvalue weighted by Crippen LogP contribution is 2.61. The highest BCUT2D eigenvalue weighted by molar-refractivity contribution is 6.39. The number of carbonyl (C=O) groups is 2. The molecule has 3 aliphatic rings. The van der Waals surface area contributed by atoms with Crippen molar-refractivity contribution < 1.29 is 22.8 Å². The molecule has 0 aliphatic heterocycles. The maximum Gasteiger partial charge on any atom is 0.431 e. The molecule has 0 saturated heterocycles. The van der Waals surface area contributed by atoms with Crippen molar-refractivity contribution in [3.63, 3.8) is 0 Å². The number of amides is 1. The van der Waals surface area contributed by atoms with E-state index in [0.717, 1.165) is 49.8 Å². The van der Waals surface area contributed by atoms with Gasteiger partial charge in [-0.05, 0) is 74.5 Å². The number of Topliss-reactive ketones (excluding diaryl/α,β-unsaturated/α-hetero) is 1. The van der Waals surface area contributed by atoms with Gasteiger partial charge in [-0.25, -0.2) is 0 Å². The van der Waals surface area contributed by atoms with Crippen molar-refractivity contribution in [2.45, 2.75) is 83.9 Å². The maximum absolute atomic E-state index is 14.6. The van der Waals surface area contributed by atoms with E-state index in [1.807, 2.05) is 0 Å². The Bertz CT molecular complexity index is 1170. The van der Waals surface area contributed by atoms with Crippen LogP contribution in [0.1, 0.15) is 82.0 Å². The van der Waals surface area contributed by atoms with Gasteiger partial charge in [0, 0.05) is 38.2 Å². The van der Waals surface area contributed by atoms with Crippen molar-refractivity contribution in [3.05, 3.63) is 39.3 Å². The minimum Gasteiger partial charge on any atom is -0.367 e. The lowest BCUT2D eigenvalue weighted by molar-refractivity contribution is -0.131. The molecule has 2 bridgehead atoms. The normalized spacial score (nSPS) is 28.7. The molecule has 0 unspecified atom stereocenters. The zero-order valence-electron chi connectivity index (χ0n) is 23.2. The van der Waals surface area contributed by atoms with Gasteiger partial charge in [0.25, 0.3) is 5.91 Å². The third kappa shape index (κ3) is 6.35. The Hall–Kier alpha value is -2.13. The van der Waals surface area contributed by atoms with E-state index < -0.39 is 41.7 Å². The van der Waals surface area contributed by atoms with Crippen LogP contribution in [0.4, 0.5) is 13.2 Å². The number of alkyl halides is 3. The fourth-order valence-electron chi connectivity index (χ4n) is 7.15. The van der Waals surface area contributed by atoms with Gasteiger partial charge >= 0.3 is 6.18 Å². The van der Waals surface area contributed by atoms with Crippen molar-refractivity contribution in [3.8, 4) is 0 Å². The molecular weight excluding hydrogens is 564 g/mol. The fourth-order valence-corrected chi connectivity index (χ4v) is 7.72. The summed E-state index contributed by atoms with van der Waals surface area (Å²) in [6.07, 6.45) is 5.29. The summed E-state index contributed by atoms with van der Waals surface area (Å²) in [6.45, 7) is 3.89. The number of allylic oxidation sites excluding steroid dienone is 1. The second-order valence-corrected chi connectivity index (χ2v) is 13.3. The molecule has 4 rings (SSSR count). The van der Waals surface area contributed by atoms with Gasteiger partial charge in [0.15, 0.2) is 5.78 Å². The van der Waals surface area contributed by atoms with Crippen LogP contribution in [0.15, 0.2) is 23.7 Å². The Morgan fingerprint density at radius 1 is 1.10 bits per heavy atom. The molecule has 0 spiro atoms. The van der Waals surface area contributed by atoms with Crippen LogP contribution in [0.25, 0.3) is 0 Å². The standard InChI is InChI=1S/C29H37Cl2F3N4O2/c1-18-4-6-19(7-5-18)37(3)25(29(32,33)34)20(12-35)26(40)38(17-28-10-8-27(2,16-28)9-11-28)15-23(39)24-21(30)13-36-14-22(24)31/h12-14,18-19,35H,4-11,15-17H2,1-3H3. The average molecular weight is 602 g/mol. The van der Waals surface area contributed by atoms with Crippen molar-refractivity contribution >= 4 is 41.1 Å². The molecule has 3 fully saturated rings. The van der Waals surface area contributed by atoms with Crippen LogP contribution < -0.4 is 0 Å². The van der Waals surface area contributed by atoms with E-state index in [0.29, 0.717) is 25.0 Å². The predicted molar refractivity (Wildman–Crippen MR) is 150 cm³/mol. The molecule has 11 heteroatoms. The van der Waals surface area contributed by atoms with Crippen LogP contribution in [0, 0.1) is 22.2 Å². The van der Waals surface area contributed by atoms with E-state index in [9.17, 15) is 22.8 Å². The summed E-state index contributed by atoms with van der Waals surface area (Å²) in [4.78, 5) is 33.6. The number of aromatic nitrogens is 1. The third-order valence-corrected chi connectivity index (χ3v) is 9.96. The molecule has 3 aliphatic carbocycles. The zero-order valence-corrected chi connectivity index (χ0v) is 24.7. The van der Waals surface area contributed by atoms with E-state index in [2.05, 4.69) is 18.8 Å². The first kappa shape index (κ1) is 30.8. The summed E-state index contributed by atoms with van der Waals surface area (Å²) in [5.41, 5.74) is -2.08. The predicted octanol–water partition coefficient (Wildman–Crippen LogP) is 7.35. The number of nitrogens with zero attached hydrogens (tertiary/aromatic N) is 3. The van der Waals surface area contributed by atoms with Gasteiger partial charge in [0.05, 0.1) is 27.7 Å². The Balaban J connectivity index is 1.73. The molecular formula is C29H37Cl2F3N4O2. The first-order chi connectivity index (χ1) is 18.7. The molecule has 1 heterocycles. The summed E-state index contributed by atoms with van der Waals surface area (Å²) in [5, 5.41) is 7.98. The highest BCUT2D eigenvalue weighted by atomic mass is 35.5. The SMILES string of the molecule is CC1CCC(N(C)C(=C(C=N)C(=O)N(CC(=O)c2c(Cl)cncc2Cl)CC23CCC(C)(CC2)C3)C(F)(F)F)CC1. The lowest BCUT2D eigenvalue weighted by Gasteiger charge is -2.38. The average Bonchev–Trinajstić information content (AvgIpc) is 3.38. The second kappa shape index (κ2) is 11.6. The van der Waals surface area contributed by atoms with Gasteiger partial charge in [-0.15, -0.1) is 0 Å². The minimum absolute atomic E-state index is 0.00225. The number of ketones is 1. The monoisotopic (exact) mass is 600 g/mol. The first-order valence-corrected chi connectivity index (χ1v) is 14.6. The summed E-state index contributed by atoms with van der Waals surface area (Å²) in [6, 6.07) is -0.399. The molecule has 0 atom stereocenters. The Labute approximate surface area is 243 Å². The lowest BCUT2D eigenvalue weighted by atomic mass is 9.82. The summed E-state index contributed by atoms with van der Waals surface area (Å²) in [5.74, 6) is -1.14. The number of carbonyl (C=O) groups excluding carboxylic acids is 2. The summed E-state index contributed by atoms with van der Waals surface area (Å²) in [7, 11) is 1.35. The van der Waals surface area contributed by atoms with E-state index in [-0.39, 0.29) is 33.0 Å². The lowest BCUT2D eigenvalue weighted by Crippen LogP contribution is -2.46. The molecule has 0 aromatic carbocycles. The van der Waals surface area contributed by atoms with Crippen LogP contribution in [0.3, 0.4) is 0 Å². The second-order valence-electron chi connectivity index (χ2n) is 12.5. The van der Waals surface area contributed by atoms with Crippen molar-refractivity contribution in [2.75, 3.05) is 20.1 Å². The number of hydrogen-bond acceptors (Lipinski definition) is 5. The molecule has 0 radical (unpaired) electrons. The first-order valence-electron chi connectivity index (χ1n) is 13.8. The van der Waals surface area contributed by atoms with Crippen LogP contribution >= 0.6 is 23.2 Å². The van der Waals surface area contributed by atoms with Crippen molar-refractivity contribution in [1.29, 1.82) is 5.41 Å². The van der Waals surface area contributed by atoms with E-state index in [1.54, 1.807) is 0 Å². The number of nitrogens with one attached hydrogen (secondary N) is 1. The van der Waals surface area contributed by atoms with Crippen LogP contribution in [-0.4, -0.2) is 65.0 Å². The highest BCUT2D eigenvalue weighted by Gasteiger charge is 2.53. The number of halogens is 5. The van der Waals surface area contributed by atoms with Crippen LogP contribution in [0.2, 0.25) is 10.0 Å². The van der Waals surface area contributed by atoms with Gasteiger partial charge in [0.2, 0.25) is 0 Å². The number of hydrogen-bond donors (Lipinski definition) is 1. The Morgan fingerprint density at radius 3 is 2.15 bits per heavy atom.